The fourth-order valence-electron chi connectivity index (χ4n) is 4.31. The molecule has 0 radical (unpaired) electrons. The number of hydrogen-bond donors (Lipinski definition) is 1. The number of allylic oxidation sites excluding steroid dienone is 1. The van der Waals surface area contributed by atoms with Crippen molar-refractivity contribution < 1.29 is 29.0 Å². The fourth-order valence-corrected chi connectivity index (χ4v) is 5.81. The zero-order valence-electron chi connectivity index (χ0n) is 22.3. The van der Waals surface area contributed by atoms with Gasteiger partial charge in [-0.25, -0.2) is 9.79 Å². The molecule has 0 amide bonds. The average Bonchev–Trinajstić information content (AvgIpc) is 3.19. The molecule has 1 aromatic heterocycles. The molecule has 0 spiro atoms. The molecule has 0 bridgehead atoms. The summed E-state index contributed by atoms with van der Waals surface area (Å²) in [5.74, 6) is -0.287. The minimum atomic E-state index is -0.912. The Balaban J connectivity index is 1.98. The van der Waals surface area contributed by atoms with Crippen molar-refractivity contribution in [3.63, 3.8) is 0 Å². The molecule has 40 heavy (non-hydrogen) atoms. The molecular weight excluding hydrogens is 606 g/mol. The molecule has 210 valence electrons. The lowest BCUT2D eigenvalue weighted by Crippen LogP contribution is -2.40. The molecular formula is C27H26BrN3O8S. The summed E-state index contributed by atoms with van der Waals surface area (Å²) >= 11 is 4.24. The maximum atomic E-state index is 13.8. The first kappa shape index (κ1) is 29.0. The maximum Gasteiger partial charge on any atom is 0.338 e. The number of aromatic hydroxyl groups is 1. The van der Waals surface area contributed by atoms with Crippen molar-refractivity contribution in [2.75, 3.05) is 13.7 Å². The van der Waals surface area contributed by atoms with E-state index < -0.39 is 33.9 Å². The number of aromatic nitrogens is 1. The lowest BCUT2D eigenvalue weighted by atomic mass is 9.95. The molecule has 4 rings (SSSR count). The molecule has 0 fully saturated rings. The van der Waals surface area contributed by atoms with Gasteiger partial charge in [-0.15, -0.1) is 0 Å². The lowest BCUT2D eigenvalue weighted by molar-refractivity contribution is -0.385. The number of nitro groups is 1. The number of esters is 1. The Morgan fingerprint density at radius 3 is 2.65 bits per heavy atom. The average molecular weight is 632 g/mol. The van der Waals surface area contributed by atoms with Gasteiger partial charge >= 0.3 is 11.7 Å². The van der Waals surface area contributed by atoms with E-state index >= 15 is 0 Å². The first-order valence-electron chi connectivity index (χ1n) is 12.2. The number of ether oxygens (including phenoxy) is 3. The minimum absolute atomic E-state index is 0.0704. The van der Waals surface area contributed by atoms with Crippen LogP contribution >= 0.6 is 27.3 Å². The number of phenolic OH excluding ortho intramolecular Hbond substituents is 1. The van der Waals surface area contributed by atoms with Crippen LogP contribution in [0.25, 0.3) is 6.08 Å². The minimum Gasteiger partial charge on any atom is -0.502 e. The van der Waals surface area contributed by atoms with Crippen LogP contribution in [0.3, 0.4) is 0 Å². The summed E-state index contributed by atoms with van der Waals surface area (Å²) in [4.78, 5) is 42.5. The summed E-state index contributed by atoms with van der Waals surface area (Å²) in [6, 6.07) is 6.87. The molecule has 0 saturated heterocycles. The zero-order valence-corrected chi connectivity index (χ0v) is 24.7. The van der Waals surface area contributed by atoms with E-state index in [9.17, 15) is 24.8 Å². The van der Waals surface area contributed by atoms with Gasteiger partial charge in [0.1, 0.15) is 0 Å². The predicted molar refractivity (Wildman–Crippen MR) is 152 cm³/mol. The van der Waals surface area contributed by atoms with E-state index in [4.69, 9.17) is 14.2 Å². The number of phenols is 1. The third kappa shape index (κ3) is 5.52. The summed E-state index contributed by atoms with van der Waals surface area (Å²) in [5.41, 5.74) is 0.161. The molecule has 2 heterocycles. The number of methoxy groups -OCH3 is 1. The van der Waals surface area contributed by atoms with Crippen LogP contribution in [0.2, 0.25) is 0 Å². The maximum absolute atomic E-state index is 13.8. The second-order valence-electron chi connectivity index (χ2n) is 9.00. The molecule has 0 saturated carbocycles. The van der Waals surface area contributed by atoms with E-state index in [0.717, 1.165) is 11.3 Å². The Kier molecular flexibility index (Phi) is 8.45. The Morgan fingerprint density at radius 1 is 1.30 bits per heavy atom. The normalized spacial score (nSPS) is 15.1. The zero-order chi connectivity index (χ0) is 29.3. The molecule has 13 heteroatoms. The molecule has 11 nitrogen and oxygen atoms in total. The van der Waals surface area contributed by atoms with Gasteiger partial charge in [0, 0.05) is 16.1 Å². The van der Waals surface area contributed by atoms with Gasteiger partial charge in [0.05, 0.1) is 46.6 Å². The first-order valence-corrected chi connectivity index (χ1v) is 13.8. The van der Waals surface area contributed by atoms with Crippen LogP contribution in [-0.4, -0.2) is 40.4 Å². The quantitative estimate of drug-likeness (QED) is 0.223. The van der Waals surface area contributed by atoms with Gasteiger partial charge < -0.3 is 19.3 Å². The number of thiazole rings is 1. The van der Waals surface area contributed by atoms with Gasteiger partial charge in [-0.3, -0.25) is 19.5 Å². The number of hydrogen-bond acceptors (Lipinski definition) is 10. The van der Waals surface area contributed by atoms with Crippen LogP contribution < -0.4 is 24.4 Å². The van der Waals surface area contributed by atoms with Gasteiger partial charge in [0.2, 0.25) is 5.75 Å². The first-order chi connectivity index (χ1) is 19.0. The van der Waals surface area contributed by atoms with E-state index in [2.05, 4.69) is 20.9 Å². The number of fused-ring (bicyclic) bond motifs is 1. The van der Waals surface area contributed by atoms with Crippen LogP contribution in [0.4, 0.5) is 5.69 Å². The number of nitro benzene ring substituents is 1. The highest BCUT2D eigenvalue weighted by molar-refractivity contribution is 9.10. The third-order valence-electron chi connectivity index (χ3n) is 5.95. The summed E-state index contributed by atoms with van der Waals surface area (Å²) in [6.07, 6.45) is 1.25. The van der Waals surface area contributed by atoms with Crippen LogP contribution in [-0.2, 0) is 9.53 Å². The van der Waals surface area contributed by atoms with Crippen molar-refractivity contribution >= 4 is 45.0 Å². The van der Waals surface area contributed by atoms with Gasteiger partial charge in [-0.1, -0.05) is 33.3 Å². The Labute approximate surface area is 240 Å². The monoisotopic (exact) mass is 631 g/mol. The summed E-state index contributed by atoms with van der Waals surface area (Å²) in [6.45, 7) is 7.23. The largest absolute Gasteiger partial charge is 0.502 e. The van der Waals surface area contributed by atoms with Gasteiger partial charge in [-0.2, -0.15) is 0 Å². The molecule has 0 aliphatic carbocycles. The molecule has 2 aromatic carbocycles. The Morgan fingerprint density at radius 2 is 2.02 bits per heavy atom. The molecule has 1 aliphatic heterocycles. The van der Waals surface area contributed by atoms with E-state index in [1.165, 1.54) is 29.9 Å². The van der Waals surface area contributed by atoms with E-state index in [0.29, 0.717) is 32.0 Å². The van der Waals surface area contributed by atoms with E-state index in [1.54, 1.807) is 32.0 Å². The fraction of sp³-hybridized carbons (Fsp3) is 0.296. The molecule has 1 atom stereocenters. The van der Waals surface area contributed by atoms with Crippen LogP contribution in [0.1, 0.15) is 44.9 Å². The topological polar surface area (TPSA) is 142 Å². The van der Waals surface area contributed by atoms with E-state index in [1.807, 2.05) is 13.8 Å². The van der Waals surface area contributed by atoms with Crippen molar-refractivity contribution in [2.45, 2.75) is 39.8 Å². The van der Waals surface area contributed by atoms with Crippen molar-refractivity contribution in [1.82, 2.24) is 4.57 Å². The second-order valence-corrected chi connectivity index (χ2v) is 10.9. The number of nitrogens with zero attached hydrogens (tertiary/aromatic N) is 3. The molecule has 3 aromatic rings. The molecule has 1 N–H and O–H groups in total. The standard InChI is InChI=1S/C27H26BrN3O8S/c1-6-38-26(34)22-14(4)29-27-30(23(22)15-7-8-19(39-13(2)3)20(10-15)37-5)25(33)21(40-27)11-16-9-17(28)12-18(24(16)32)31(35)36/h7-13,23,32H,6H2,1-5H3/b21-11+/t23-/m0/s1. The number of rotatable bonds is 8. The SMILES string of the molecule is CCOC(=O)C1=C(C)N=c2s/c(=C/c3cc(Br)cc([N+](=O)[O-])c3O)c(=O)n2[C@H]1c1ccc(OC(C)C)c(OC)c1. The van der Waals surface area contributed by atoms with Crippen molar-refractivity contribution in [3.05, 3.63) is 87.0 Å². The van der Waals surface area contributed by atoms with Gasteiger partial charge in [0.15, 0.2) is 16.3 Å². The Bertz CT molecular complexity index is 1720. The highest BCUT2D eigenvalue weighted by Gasteiger charge is 2.34. The molecule has 1 aliphatic rings. The van der Waals surface area contributed by atoms with Crippen molar-refractivity contribution in [1.29, 1.82) is 0 Å². The van der Waals surface area contributed by atoms with Crippen LogP contribution in [0.15, 0.2) is 55.9 Å². The van der Waals surface area contributed by atoms with Gasteiger partial charge in [-0.05, 0) is 57.5 Å². The number of carbonyl (C=O) groups is 1. The smallest absolute Gasteiger partial charge is 0.338 e. The Hall–Kier alpha value is -3.97. The summed E-state index contributed by atoms with van der Waals surface area (Å²) in [5, 5.41) is 21.9. The summed E-state index contributed by atoms with van der Waals surface area (Å²) < 4.78 is 18.6. The highest BCUT2D eigenvalue weighted by Crippen LogP contribution is 2.37. The second kappa shape index (κ2) is 11.6. The summed E-state index contributed by atoms with van der Waals surface area (Å²) in [7, 11) is 1.49. The predicted octanol–water partition coefficient (Wildman–Crippen LogP) is 3.97. The van der Waals surface area contributed by atoms with Crippen LogP contribution in [0, 0.1) is 10.1 Å². The van der Waals surface area contributed by atoms with Crippen molar-refractivity contribution in [2.24, 2.45) is 4.99 Å². The highest BCUT2D eigenvalue weighted by atomic mass is 79.9. The number of benzene rings is 2. The van der Waals surface area contributed by atoms with Crippen molar-refractivity contribution in [3.8, 4) is 17.2 Å². The lowest BCUT2D eigenvalue weighted by Gasteiger charge is -2.25. The van der Waals surface area contributed by atoms with E-state index in [-0.39, 0.29) is 28.4 Å². The van der Waals surface area contributed by atoms with Gasteiger partial charge in [0.25, 0.3) is 5.56 Å². The van der Waals surface area contributed by atoms with Crippen LogP contribution in [0.5, 0.6) is 17.2 Å². The number of halogens is 1. The number of carbonyl (C=O) groups excluding carboxylic acids is 1. The molecule has 0 unspecified atom stereocenters. The third-order valence-corrected chi connectivity index (χ3v) is 7.39.